The zero-order valence-corrected chi connectivity index (χ0v) is 16.9. The molecule has 0 atom stereocenters. The molecule has 0 unspecified atom stereocenters. The third-order valence-electron chi connectivity index (χ3n) is 4.66. The molecular formula is C25H27N3O2. The van der Waals surface area contributed by atoms with Crippen molar-refractivity contribution in [1.82, 2.24) is 5.32 Å². The number of benzene rings is 3. The van der Waals surface area contributed by atoms with Crippen LogP contribution in [0.5, 0.6) is 0 Å². The zero-order valence-electron chi connectivity index (χ0n) is 16.9. The number of carbonyl (C=O) groups excluding carboxylic acids is 2. The fraction of sp³-hybridized carbons (Fsp3) is 0.200. The van der Waals surface area contributed by atoms with Crippen LogP contribution in [0.15, 0.2) is 84.9 Å². The third kappa shape index (κ3) is 7.43. The van der Waals surface area contributed by atoms with E-state index in [0.717, 1.165) is 17.7 Å². The van der Waals surface area contributed by atoms with Gasteiger partial charge >= 0.3 is 0 Å². The lowest BCUT2D eigenvalue weighted by Crippen LogP contribution is -2.31. The Labute approximate surface area is 177 Å². The predicted octanol–water partition coefficient (Wildman–Crippen LogP) is 4.03. The van der Waals surface area contributed by atoms with Crippen LogP contribution in [0.25, 0.3) is 0 Å². The fourth-order valence-electron chi connectivity index (χ4n) is 3.07. The Bertz CT molecular complexity index is 943. The molecule has 0 heterocycles. The maximum absolute atomic E-state index is 12.2. The van der Waals surface area contributed by atoms with Gasteiger partial charge in [0.1, 0.15) is 0 Å². The van der Waals surface area contributed by atoms with E-state index in [2.05, 4.69) is 16.0 Å². The van der Waals surface area contributed by atoms with Crippen molar-refractivity contribution in [2.75, 3.05) is 23.7 Å². The molecule has 3 aromatic carbocycles. The van der Waals surface area contributed by atoms with Gasteiger partial charge in [0, 0.05) is 24.3 Å². The number of hydrogen-bond donors (Lipinski definition) is 3. The van der Waals surface area contributed by atoms with E-state index in [4.69, 9.17) is 0 Å². The Morgan fingerprint density at radius 2 is 1.30 bits per heavy atom. The fourth-order valence-corrected chi connectivity index (χ4v) is 3.07. The van der Waals surface area contributed by atoms with Gasteiger partial charge in [-0.05, 0) is 42.2 Å². The second kappa shape index (κ2) is 11.4. The minimum atomic E-state index is -0.0665. The summed E-state index contributed by atoms with van der Waals surface area (Å²) in [4.78, 5) is 24.2. The summed E-state index contributed by atoms with van der Waals surface area (Å²) >= 11 is 0. The molecule has 154 valence electrons. The lowest BCUT2D eigenvalue weighted by atomic mass is 10.1. The third-order valence-corrected chi connectivity index (χ3v) is 4.66. The molecule has 0 saturated heterocycles. The molecule has 0 bridgehead atoms. The molecular weight excluding hydrogens is 374 g/mol. The van der Waals surface area contributed by atoms with E-state index < -0.39 is 0 Å². The SMILES string of the molecule is O=C(CNc1cccc(NC(=O)CCc2ccccc2)c1)NCCc1ccccc1. The standard InChI is InChI=1S/C25H27N3O2/c29-24(15-14-20-8-3-1-4-9-20)28-23-13-7-12-22(18-23)27-19-25(30)26-17-16-21-10-5-2-6-11-21/h1-13,18,27H,14-17,19H2,(H,26,30)(H,28,29). The summed E-state index contributed by atoms with van der Waals surface area (Å²) in [6, 6.07) is 27.4. The smallest absolute Gasteiger partial charge is 0.239 e. The van der Waals surface area contributed by atoms with Gasteiger partial charge in [-0.25, -0.2) is 0 Å². The number of rotatable bonds is 10. The van der Waals surface area contributed by atoms with Crippen LogP contribution in [0.2, 0.25) is 0 Å². The number of hydrogen-bond acceptors (Lipinski definition) is 3. The van der Waals surface area contributed by atoms with Gasteiger partial charge in [-0.15, -0.1) is 0 Å². The molecule has 0 aliphatic rings. The second-order valence-electron chi connectivity index (χ2n) is 7.05. The molecule has 30 heavy (non-hydrogen) atoms. The zero-order chi connectivity index (χ0) is 21.0. The monoisotopic (exact) mass is 401 g/mol. The lowest BCUT2D eigenvalue weighted by Gasteiger charge is -2.10. The number of aryl methyl sites for hydroxylation is 1. The van der Waals surface area contributed by atoms with Gasteiger partial charge in [0.05, 0.1) is 6.54 Å². The van der Waals surface area contributed by atoms with E-state index in [1.807, 2.05) is 84.9 Å². The number of amides is 2. The molecule has 3 rings (SSSR count). The molecule has 5 heteroatoms. The van der Waals surface area contributed by atoms with Crippen molar-refractivity contribution in [3.63, 3.8) is 0 Å². The van der Waals surface area contributed by atoms with E-state index in [-0.39, 0.29) is 18.4 Å². The molecule has 0 aliphatic heterocycles. The molecule has 2 amide bonds. The van der Waals surface area contributed by atoms with Gasteiger partial charge in [0.15, 0.2) is 0 Å². The van der Waals surface area contributed by atoms with E-state index in [0.29, 0.717) is 25.1 Å². The first-order valence-electron chi connectivity index (χ1n) is 10.2. The molecule has 3 aromatic rings. The van der Waals surface area contributed by atoms with E-state index >= 15 is 0 Å². The van der Waals surface area contributed by atoms with Crippen molar-refractivity contribution in [2.24, 2.45) is 0 Å². The van der Waals surface area contributed by atoms with Crippen LogP contribution in [0.1, 0.15) is 17.5 Å². The average molecular weight is 402 g/mol. The Kier molecular flexibility index (Phi) is 8.03. The van der Waals surface area contributed by atoms with Crippen LogP contribution in [0.4, 0.5) is 11.4 Å². The van der Waals surface area contributed by atoms with Crippen LogP contribution in [0.3, 0.4) is 0 Å². The normalized spacial score (nSPS) is 10.3. The minimum Gasteiger partial charge on any atom is -0.376 e. The second-order valence-corrected chi connectivity index (χ2v) is 7.05. The summed E-state index contributed by atoms with van der Waals surface area (Å²) < 4.78 is 0. The van der Waals surface area contributed by atoms with Crippen LogP contribution < -0.4 is 16.0 Å². The van der Waals surface area contributed by atoms with Crippen molar-refractivity contribution in [3.05, 3.63) is 96.1 Å². The largest absolute Gasteiger partial charge is 0.376 e. The lowest BCUT2D eigenvalue weighted by molar-refractivity contribution is -0.119. The topological polar surface area (TPSA) is 70.2 Å². The quantitative estimate of drug-likeness (QED) is 0.480. The highest BCUT2D eigenvalue weighted by molar-refractivity contribution is 5.91. The maximum atomic E-state index is 12.2. The molecule has 0 fully saturated rings. The van der Waals surface area contributed by atoms with Gasteiger partial charge in [-0.3, -0.25) is 9.59 Å². The van der Waals surface area contributed by atoms with Crippen LogP contribution in [-0.2, 0) is 22.4 Å². The van der Waals surface area contributed by atoms with Crippen molar-refractivity contribution in [3.8, 4) is 0 Å². The summed E-state index contributed by atoms with van der Waals surface area (Å²) in [5.41, 5.74) is 3.83. The Balaban J connectivity index is 1.39. The minimum absolute atomic E-state index is 0.0327. The van der Waals surface area contributed by atoms with Gasteiger partial charge in [-0.1, -0.05) is 66.7 Å². The van der Waals surface area contributed by atoms with Crippen molar-refractivity contribution >= 4 is 23.2 Å². The Morgan fingerprint density at radius 1 is 0.667 bits per heavy atom. The molecule has 0 spiro atoms. The Morgan fingerprint density at radius 3 is 2.00 bits per heavy atom. The number of nitrogens with one attached hydrogen (secondary N) is 3. The number of anilines is 2. The van der Waals surface area contributed by atoms with Crippen molar-refractivity contribution < 1.29 is 9.59 Å². The highest BCUT2D eigenvalue weighted by Gasteiger charge is 2.05. The van der Waals surface area contributed by atoms with Gasteiger partial charge < -0.3 is 16.0 Å². The van der Waals surface area contributed by atoms with Crippen LogP contribution >= 0.6 is 0 Å². The summed E-state index contributed by atoms with van der Waals surface area (Å²) in [6.45, 7) is 0.780. The van der Waals surface area contributed by atoms with Crippen LogP contribution in [0, 0.1) is 0 Å². The van der Waals surface area contributed by atoms with Gasteiger partial charge in [-0.2, -0.15) is 0 Å². The number of carbonyl (C=O) groups is 2. The molecule has 3 N–H and O–H groups in total. The van der Waals surface area contributed by atoms with E-state index in [1.165, 1.54) is 5.56 Å². The molecule has 0 saturated carbocycles. The van der Waals surface area contributed by atoms with Gasteiger partial charge in [0.2, 0.25) is 11.8 Å². The summed E-state index contributed by atoms with van der Waals surface area (Å²) in [5, 5.41) is 8.92. The molecule has 5 nitrogen and oxygen atoms in total. The molecule has 0 aliphatic carbocycles. The average Bonchev–Trinajstić information content (AvgIpc) is 2.78. The first-order chi connectivity index (χ1) is 14.7. The molecule has 0 radical (unpaired) electrons. The van der Waals surface area contributed by atoms with E-state index in [1.54, 1.807) is 0 Å². The summed E-state index contributed by atoms with van der Waals surface area (Å²) in [7, 11) is 0. The Hall–Kier alpha value is -3.60. The predicted molar refractivity (Wildman–Crippen MR) is 121 cm³/mol. The van der Waals surface area contributed by atoms with Crippen molar-refractivity contribution in [1.29, 1.82) is 0 Å². The summed E-state index contributed by atoms with van der Waals surface area (Å²) in [5.74, 6) is -0.0992. The van der Waals surface area contributed by atoms with Crippen molar-refractivity contribution in [2.45, 2.75) is 19.3 Å². The maximum Gasteiger partial charge on any atom is 0.239 e. The highest BCUT2D eigenvalue weighted by Crippen LogP contribution is 2.15. The highest BCUT2D eigenvalue weighted by atomic mass is 16.2. The first-order valence-corrected chi connectivity index (χ1v) is 10.2. The molecule has 0 aromatic heterocycles. The van der Waals surface area contributed by atoms with Gasteiger partial charge in [0.25, 0.3) is 0 Å². The summed E-state index contributed by atoms with van der Waals surface area (Å²) in [6.07, 6.45) is 1.93. The van der Waals surface area contributed by atoms with E-state index in [9.17, 15) is 9.59 Å². The van der Waals surface area contributed by atoms with Crippen LogP contribution in [-0.4, -0.2) is 24.9 Å². The first kappa shape index (κ1) is 21.1.